The highest BCUT2D eigenvalue weighted by molar-refractivity contribution is 7.92. The van der Waals surface area contributed by atoms with Crippen LogP contribution in [0, 0.1) is 13.8 Å². The molecule has 2 heterocycles. The summed E-state index contributed by atoms with van der Waals surface area (Å²) in [6.07, 6.45) is 0. The average molecular weight is 387 g/mol. The predicted molar refractivity (Wildman–Crippen MR) is 103 cm³/mol. The summed E-state index contributed by atoms with van der Waals surface area (Å²) in [7, 11) is -3.85. The molecule has 1 aromatic carbocycles. The molecule has 3 aromatic rings. The summed E-state index contributed by atoms with van der Waals surface area (Å²) in [4.78, 5) is 0.0114. The zero-order valence-electron chi connectivity index (χ0n) is 15.5. The van der Waals surface area contributed by atoms with E-state index >= 15 is 0 Å². The van der Waals surface area contributed by atoms with Gasteiger partial charge in [-0.25, -0.2) is 8.42 Å². The highest BCUT2D eigenvalue weighted by Crippen LogP contribution is 2.26. The number of nitrogens with one attached hydrogen (secondary N) is 2. The molecule has 0 spiro atoms. The summed E-state index contributed by atoms with van der Waals surface area (Å²) < 4.78 is 32.3. The molecule has 0 aliphatic carbocycles. The van der Waals surface area contributed by atoms with Crippen LogP contribution in [-0.4, -0.2) is 23.8 Å². The molecule has 0 saturated heterocycles. The van der Waals surface area contributed by atoms with Crippen LogP contribution < -0.4 is 10.0 Å². The van der Waals surface area contributed by atoms with Gasteiger partial charge in [-0.05, 0) is 43.5 Å². The molecule has 3 rings (SSSR count). The lowest BCUT2D eigenvalue weighted by Gasteiger charge is -2.14. The molecule has 0 bridgehead atoms. The van der Waals surface area contributed by atoms with E-state index in [9.17, 15) is 8.42 Å². The molecule has 0 aliphatic heterocycles. The van der Waals surface area contributed by atoms with Gasteiger partial charge in [-0.3, -0.25) is 4.72 Å². The van der Waals surface area contributed by atoms with Crippen LogP contribution in [0.3, 0.4) is 0 Å². The molecule has 0 saturated carbocycles. The monoisotopic (exact) mass is 387 g/mol. The maximum absolute atomic E-state index is 12.5. The fraction of sp³-hybridized carbons (Fsp3) is 0.278. The minimum atomic E-state index is -3.85. The van der Waals surface area contributed by atoms with Crippen LogP contribution in [0.15, 0.2) is 45.8 Å². The minimum absolute atomic E-state index is 0.0114. The molecule has 9 heteroatoms. The van der Waals surface area contributed by atoms with Crippen LogP contribution in [0.5, 0.6) is 0 Å². The lowest BCUT2D eigenvalue weighted by atomic mass is 10.0. The molecule has 142 valence electrons. The van der Waals surface area contributed by atoms with Crippen molar-refractivity contribution < 1.29 is 12.9 Å². The number of sulfonamides is 1. The first-order valence-corrected chi connectivity index (χ1v) is 9.91. The highest BCUT2D eigenvalue weighted by Gasteiger charge is 2.24. The SMILES string of the molecule is Cc1noc(C)c1S(=O)(=O)Nc1ccc(Nc2ccccc2C(C)C)nn1. The van der Waals surface area contributed by atoms with Crippen molar-refractivity contribution >= 4 is 27.3 Å². The first-order chi connectivity index (χ1) is 12.8. The van der Waals surface area contributed by atoms with Gasteiger partial charge in [0, 0.05) is 5.69 Å². The fourth-order valence-electron chi connectivity index (χ4n) is 2.75. The van der Waals surface area contributed by atoms with Gasteiger partial charge in [0.2, 0.25) is 0 Å². The Bertz CT molecular complexity index is 1020. The number of hydrogen-bond acceptors (Lipinski definition) is 7. The van der Waals surface area contributed by atoms with Crippen molar-refractivity contribution in [1.29, 1.82) is 0 Å². The Morgan fingerprint density at radius 2 is 1.67 bits per heavy atom. The minimum Gasteiger partial charge on any atom is -0.360 e. The van der Waals surface area contributed by atoms with Gasteiger partial charge in [-0.1, -0.05) is 37.2 Å². The lowest BCUT2D eigenvalue weighted by Crippen LogP contribution is -2.15. The molecule has 0 radical (unpaired) electrons. The predicted octanol–water partition coefficient (Wildman–Crippen LogP) is 3.75. The van der Waals surface area contributed by atoms with Crippen molar-refractivity contribution in [2.75, 3.05) is 10.0 Å². The molecule has 2 N–H and O–H groups in total. The number of nitrogens with zero attached hydrogens (tertiary/aromatic N) is 3. The number of rotatable bonds is 6. The second-order valence-corrected chi connectivity index (χ2v) is 8.05. The van der Waals surface area contributed by atoms with Gasteiger partial charge in [-0.2, -0.15) is 0 Å². The third-order valence-corrected chi connectivity index (χ3v) is 5.58. The van der Waals surface area contributed by atoms with Crippen LogP contribution in [0.1, 0.15) is 36.8 Å². The summed E-state index contributed by atoms with van der Waals surface area (Å²) in [6.45, 7) is 7.33. The van der Waals surface area contributed by atoms with Crippen LogP contribution in [-0.2, 0) is 10.0 Å². The number of anilines is 3. The number of hydrogen-bond donors (Lipinski definition) is 2. The van der Waals surface area contributed by atoms with Gasteiger partial charge < -0.3 is 9.84 Å². The third kappa shape index (κ3) is 4.08. The Kier molecular flexibility index (Phi) is 5.13. The third-order valence-electron chi connectivity index (χ3n) is 3.99. The molecular formula is C18H21N5O3S. The molecule has 8 nitrogen and oxygen atoms in total. The zero-order valence-corrected chi connectivity index (χ0v) is 16.3. The summed E-state index contributed by atoms with van der Waals surface area (Å²) >= 11 is 0. The van der Waals surface area contributed by atoms with E-state index in [2.05, 4.69) is 39.2 Å². The Morgan fingerprint density at radius 1 is 1.00 bits per heavy atom. The Hall–Kier alpha value is -2.94. The molecule has 0 fully saturated rings. The highest BCUT2D eigenvalue weighted by atomic mass is 32.2. The van der Waals surface area contributed by atoms with Crippen LogP contribution >= 0.6 is 0 Å². The van der Waals surface area contributed by atoms with Gasteiger partial charge in [0.05, 0.1) is 0 Å². The van der Waals surface area contributed by atoms with E-state index in [1.165, 1.54) is 0 Å². The van der Waals surface area contributed by atoms with Crippen LogP contribution in [0.25, 0.3) is 0 Å². The summed E-state index contributed by atoms with van der Waals surface area (Å²) in [5.74, 6) is 1.19. The quantitative estimate of drug-likeness (QED) is 0.663. The smallest absolute Gasteiger partial charge is 0.268 e. The van der Waals surface area contributed by atoms with E-state index in [-0.39, 0.29) is 22.2 Å². The average Bonchev–Trinajstić information content (AvgIpc) is 2.96. The van der Waals surface area contributed by atoms with Crippen molar-refractivity contribution in [2.24, 2.45) is 0 Å². The largest absolute Gasteiger partial charge is 0.360 e. The van der Waals surface area contributed by atoms with Crippen molar-refractivity contribution in [1.82, 2.24) is 15.4 Å². The van der Waals surface area contributed by atoms with E-state index in [0.29, 0.717) is 11.7 Å². The molecule has 0 aliphatic rings. The number of para-hydroxylation sites is 1. The summed E-state index contributed by atoms with van der Waals surface area (Å²) in [5.41, 5.74) is 2.38. The van der Waals surface area contributed by atoms with Crippen LogP contribution in [0.4, 0.5) is 17.3 Å². The van der Waals surface area contributed by atoms with E-state index in [1.807, 2.05) is 24.3 Å². The van der Waals surface area contributed by atoms with E-state index in [0.717, 1.165) is 11.3 Å². The Balaban J connectivity index is 1.79. The lowest BCUT2D eigenvalue weighted by molar-refractivity contribution is 0.390. The number of benzene rings is 1. The van der Waals surface area contributed by atoms with Gasteiger partial charge in [-0.15, -0.1) is 10.2 Å². The molecule has 0 amide bonds. The molecular weight excluding hydrogens is 366 g/mol. The van der Waals surface area contributed by atoms with Gasteiger partial charge in [0.1, 0.15) is 5.69 Å². The van der Waals surface area contributed by atoms with Crippen molar-refractivity contribution in [3.8, 4) is 0 Å². The van der Waals surface area contributed by atoms with Gasteiger partial charge in [0.15, 0.2) is 22.3 Å². The van der Waals surface area contributed by atoms with Gasteiger partial charge in [0.25, 0.3) is 10.0 Å². The number of aryl methyl sites for hydroxylation is 2. The molecule has 0 atom stereocenters. The summed E-state index contributed by atoms with van der Waals surface area (Å²) in [5, 5.41) is 14.9. The van der Waals surface area contributed by atoms with Gasteiger partial charge >= 0.3 is 0 Å². The second-order valence-electron chi connectivity index (χ2n) is 6.43. The van der Waals surface area contributed by atoms with E-state index in [1.54, 1.807) is 26.0 Å². The maximum atomic E-state index is 12.5. The zero-order chi connectivity index (χ0) is 19.6. The first kappa shape index (κ1) is 18.8. The van der Waals surface area contributed by atoms with Crippen LogP contribution in [0.2, 0.25) is 0 Å². The van der Waals surface area contributed by atoms with Crippen molar-refractivity contribution in [3.05, 3.63) is 53.4 Å². The Morgan fingerprint density at radius 3 is 2.26 bits per heavy atom. The normalized spacial score (nSPS) is 11.6. The van der Waals surface area contributed by atoms with E-state index < -0.39 is 10.0 Å². The topological polar surface area (TPSA) is 110 Å². The summed E-state index contributed by atoms with van der Waals surface area (Å²) in [6, 6.07) is 11.1. The second kappa shape index (κ2) is 7.36. The number of aromatic nitrogens is 3. The van der Waals surface area contributed by atoms with E-state index in [4.69, 9.17) is 4.52 Å². The first-order valence-electron chi connectivity index (χ1n) is 8.43. The standard InChI is InChI=1S/C18H21N5O3S/c1-11(2)14-7-5-6-8-15(14)19-16-9-10-17(21-20-16)23-27(24,25)18-12(3)22-26-13(18)4/h5-11H,1-4H3,(H,19,20)(H,21,23). The Labute approximate surface area is 158 Å². The van der Waals surface area contributed by atoms with Crippen molar-refractivity contribution in [3.63, 3.8) is 0 Å². The molecule has 27 heavy (non-hydrogen) atoms. The fourth-order valence-corrected chi connectivity index (χ4v) is 4.08. The van der Waals surface area contributed by atoms with Crippen molar-refractivity contribution in [2.45, 2.75) is 38.5 Å². The maximum Gasteiger partial charge on any atom is 0.268 e. The molecule has 2 aromatic heterocycles. The molecule has 0 unspecified atom stereocenters.